The van der Waals surface area contributed by atoms with Crippen LogP contribution in [0.25, 0.3) is 0 Å². The number of pyridine rings is 1. The molecule has 3 unspecified atom stereocenters. The number of alkyl halides is 2. The van der Waals surface area contributed by atoms with Crippen molar-refractivity contribution < 1.29 is 0 Å². The van der Waals surface area contributed by atoms with Gasteiger partial charge in [0.2, 0.25) is 0 Å². The van der Waals surface area contributed by atoms with Crippen LogP contribution in [0.15, 0.2) is 24.5 Å². The minimum Gasteiger partial charge on any atom is -0.265 e. The molecule has 1 fully saturated rings. The predicted molar refractivity (Wildman–Crippen MR) is 60.5 cm³/mol. The molecule has 5 heteroatoms. The van der Waals surface area contributed by atoms with E-state index in [1.807, 2.05) is 12.1 Å². The summed E-state index contributed by atoms with van der Waals surface area (Å²) in [5, 5.41) is 0.896. The number of aromatic nitrogens is 1. The summed E-state index contributed by atoms with van der Waals surface area (Å²) in [6.07, 6.45) is 3.56. The smallest absolute Gasteiger partial charge is 0.0718 e. The van der Waals surface area contributed by atoms with Gasteiger partial charge in [0.25, 0.3) is 0 Å². The third-order valence-corrected chi connectivity index (χ3v) is 3.61. The van der Waals surface area contributed by atoms with Crippen LogP contribution in [0, 0.1) is 0 Å². The number of nitrogens with zero attached hydrogens (tertiary/aromatic N) is 1. The topological polar surface area (TPSA) is 37.0 Å². The zero-order valence-electron chi connectivity index (χ0n) is 7.45. The van der Waals surface area contributed by atoms with Gasteiger partial charge in [0.1, 0.15) is 0 Å². The standard InChI is InChI=1S/C9H11BrClN3/c10-5-7-8(11)9(14-13-7)6-1-3-12-4-2-6/h1-4,7-9,13-14H,5H2. The molecule has 0 spiro atoms. The summed E-state index contributed by atoms with van der Waals surface area (Å²) >= 11 is 9.72. The van der Waals surface area contributed by atoms with Gasteiger partial charge in [0.05, 0.1) is 11.4 Å². The maximum absolute atomic E-state index is 6.30. The molecule has 0 bridgehead atoms. The molecular weight excluding hydrogens is 265 g/mol. The second kappa shape index (κ2) is 4.57. The van der Waals surface area contributed by atoms with Crippen LogP contribution in [0.2, 0.25) is 0 Å². The molecule has 3 atom stereocenters. The highest BCUT2D eigenvalue weighted by Gasteiger charge is 2.34. The first-order valence-electron chi connectivity index (χ1n) is 4.44. The normalized spacial score (nSPS) is 32.0. The highest BCUT2D eigenvalue weighted by Crippen LogP contribution is 2.27. The highest BCUT2D eigenvalue weighted by atomic mass is 79.9. The van der Waals surface area contributed by atoms with E-state index in [2.05, 4.69) is 31.8 Å². The summed E-state index contributed by atoms with van der Waals surface area (Å²) in [4.78, 5) is 3.98. The second-order valence-electron chi connectivity index (χ2n) is 3.25. The molecule has 76 valence electrons. The van der Waals surface area contributed by atoms with Gasteiger partial charge in [0.15, 0.2) is 0 Å². The van der Waals surface area contributed by atoms with Crippen molar-refractivity contribution in [2.45, 2.75) is 17.5 Å². The van der Waals surface area contributed by atoms with Gasteiger partial charge in [-0.2, -0.15) is 0 Å². The molecule has 1 aliphatic heterocycles. The predicted octanol–water partition coefficient (Wildman–Crippen LogP) is 1.60. The van der Waals surface area contributed by atoms with E-state index in [1.54, 1.807) is 12.4 Å². The van der Waals surface area contributed by atoms with Crippen molar-refractivity contribution in [3.63, 3.8) is 0 Å². The lowest BCUT2D eigenvalue weighted by atomic mass is 10.0. The fourth-order valence-corrected chi connectivity index (χ4v) is 2.69. The molecule has 2 heterocycles. The van der Waals surface area contributed by atoms with E-state index in [9.17, 15) is 0 Å². The molecule has 1 aromatic heterocycles. The Bertz CT molecular complexity index is 295. The number of nitrogens with one attached hydrogen (secondary N) is 2. The van der Waals surface area contributed by atoms with Gasteiger partial charge in [-0.3, -0.25) is 10.4 Å². The molecule has 0 aromatic carbocycles. The van der Waals surface area contributed by atoms with Crippen molar-refractivity contribution in [3.05, 3.63) is 30.1 Å². The lowest BCUT2D eigenvalue weighted by molar-refractivity contribution is 0.563. The zero-order chi connectivity index (χ0) is 9.97. The van der Waals surface area contributed by atoms with Crippen molar-refractivity contribution in [2.75, 3.05) is 5.33 Å². The van der Waals surface area contributed by atoms with Crippen molar-refractivity contribution in [1.29, 1.82) is 0 Å². The number of hydrogen-bond donors (Lipinski definition) is 2. The first-order chi connectivity index (χ1) is 6.83. The number of halogens is 2. The van der Waals surface area contributed by atoms with Crippen LogP contribution in [0.5, 0.6) is 0 Å². The molecular formula is C9H11BrClN3. The SMILES string of the molecule is ClC1C(CBr)NNC1c1ccncc1. The van der Waals surface area contributed by atoms with Crippen molar-refractivity contribution in [2.24, 2.45) is 0 Å². The van der Waals surface area contributed by atoms with Crippen LogP contribution in [0.1, 0.15) is 11.6 Å². The fourth-order valence-electron chi connectivity index (χ4n) is 1.55. The summed E-state index contributed by atoms with van der Waals surface area (Å²) in [5.41, 5.74) is 7.50. The molecule has 0 radical (unpaired) electrons. The summed E-state index contributed by atoms with van der Waals surface area (Å²) in [5.74, 6) is 0. The Morgan fingerprint density at radius 3 is 2.64 bits per heavy atom. The van der Waals surface area contributed by atoms with Crippen LogP contribution in [-0.2, 0) is 0 Å². The van der Waals surface area contributed by atoms with Crippen LogP contribution >= 0.6 is 27.5 Å². The van der Waals surface area contributed by atoms with Gasteiger partial charge in [-0.15, -0.1) is 11.6 Å². The maximum atomic E-state index is 6.30. The number of hydrazine groups is 1. The molecule has 0 saturated carbocycles. The first-order valence-corrected chi connectivity index (χ1v) is 5.99. The van der Waals surface area contributed by atoms with Crippen LogP contribution in [-0.4, -0.2) is 21.7 Å². The van der Waals surface area contributed by atoms with Crippen molar-refractivity contribution >= 4 is 27.5 Å². The molecule has 3 nitrogen and oxygen atoms in total. The van der Waals surface area contributed by atoms with Crippen molar-refractivity contribution in [3.8, 4) is 0 Å². The summed E-state index contributed by atoms with van der Waals surface area (Å²) in [7, 11) is 0. The monoisotopic (exact) mass is 275 g/mol. The van der Waals surface area contributed by atoms with Gasteiger partial charge >= 0.3 is 0 Å². The second-order valence-corrected chi connectivity index (χ2v) is 4.40. The maximum Gasteiger partial charge on any atom is 0.0718 e. The van der Waals surface area contributed by atoms with E-state index in [1.165, 1.54) is 0 Å². The third kappa shape index (κ3) is 1.93. The van der Waals surface area contributed by atoms with E-state index in [4.69, 9.17) is 11.6 Å². The molecule has 1 aliphatic rings. The molecule has 2 N–H and O–H groups in total. The summed E-state index contributed by atoms with van der Waals surface area (Å²) in [6, 6.07) is 4.37. The Morgan fingerprint density at radius 1 is 1.36 bits per heavy atom. The summed E-state index contributed by atoms with van der Waals surface area (Å²) in [6.45, 7) is 0. The highest BCUT2D eigenvalue weighted by molar-refractivity contribution is 9.09. The van der Waals surface area contributed by atoms with Gasteiger partial charge in [0, 0.05) is 23.8 Å². The number of hydrogen-bond acceptors (Lipinski definition) is 3. The lowest BCUT2D eigenvalue weighted by Crippen LogP contribution is -2.33. The van der Waals surface area contributed by atoms with Gasteiger partial charge < -0.3 is 0 Å². The average molecular weight is 277 g/mol. The average Bonchev–Trinajstić information content (AvgIpc) is 2.61. The molecule has 0 amide bonds. The van der Waals surface area contributed by atoms with E-state index in [0.29, 0.717) is 0 Å². The van der Waals surface area contributed by atoms with Crippen LogP contribution < -0.4 is 10.9 Å². The van der Waals surface area contributed by atoms with Gasteiger partial charge in [-0.05, 0) is 17.7 Å². The van der Waals surface area contributed by atoms with Gasteiger partial charge in [-0.1, -0.05) is 15.9 Å². The minimum absolute atomic E-state index is 0.0526. The zero-order valence-corrected chi connectivity index (χ0v) is 9.79. The van der Waals surface area contributed by atoms with Crippen LogP contribution in [0.3, 0.4) is 0 Å². The van der Waals surface area contributed by atoms with E-state index in [-0.39, 0.29) is 17.5 Å². The van der Waals surface area contributed by atoms with E-state index < -0.39 is 0 Å². The summed E-state index contributed by atoms with van der Waals surface area (Å²) < 4.78 is 0. The van der Waals surface area contributed by atoms with Crippen LogP contribution in [0.4, 0.5) is 0 Å². The molecule has 1 aromatic rings. The minimum atomic E-state index is 0.0526. The van der Waals surface area contributed by atoms with Crippen molar-refractivity contribution in [1.82, 2.24) is 15.8 Å². The lowest BCUT2D eigenvalue weighted by Gasteiger charge is -2.14. The molecule has 0 aliphatic carbocycles. The Hall–Kier alpha value is -0.160. The first kappa shape index (κ1) is 10.4. The Morgan fingerprint density at radius 2 is 2.07 bits per heavy atom. The largest absolute Gasteiger partial charge is 0.265 e. The Labute approximate surface area is 96.3 Å². The van der Waals surface area contributed by atoms with E-state index in [0.717, 1.165) is 10.9 Å². The molecule has 14 heavy (non-hydrogen) atoms. The van der Waals surface area contributed by atoms with E-state index >= 15 is 0 Å². The number of rotatable bonds is 2. The fraction of sp³-hybridized carbons (Fsp3) is 0.444. The van der Waals surface area contributed by atoms with Gasteiger partial charge in [-0.25, -0.2) is 5.43 Å². The Balaban J connectivity index is 2.14. The molecule has 2 rings (SSSR count). The quantitative estimate of drug-likeness (QED) is 0.806. The Kier molecular flexibility index (Phi) is 3.38. The third-order valence-electron chi connectivity index (χ3n) is 2.36. The molecule has 1 saturated heterocycles.